The zero-order chi connectivity index (χ0) is 16.9. The molecule has 3 aromatic rings. The molecule has 2 aromatic carbocycles. The molecular weight excluding hydrogens is 346 g/mol. The Labute approximate surface area is 148 Å². The monoisotopic (exact) mass is 359 g/mol. The third kappa shape index (κ3) is 3.93. The summed E-state index contributed by atoms with van der Waals surface area (Å²) in [6.45, 7) is 1.94. The Morgan fingerprint density at radius 1 is 1.25 bits per heavy atom. The number of aryl methyl sites for hydroxylation is 1. The molecule has 122 valence electrons. The van der Waals surface area contributed by atoms with Gasteiger partial charge in [-0.15, -0.1) is 5.10 Å². The van der Waals surface area contributed by atoms with E-state index >= 15 is 0 Å². The first-order valence-electron chi connectivity index (χ1n) is 7.16. The third-order valence-corrected chi connectivity index (χ3v) is 4.40. The van der Waals surface area contributed by atoms with Crippen LogP contribution >= 0.6 is 23.4 Å². The van der Waals surface area contributed by atoms with Gasteiger partial charge in [-0.1, -0.05) is 47.6 Å². The number of aromatic nitrogens is 4. The Bertz CT molecular complexity index is 853. The molecule has 0 aliphatic rings. The zero-order valence-corrected chi connectivity index (χ0v) is 14.4. The van der Waals surface area contributed by atoms with Crippen molar-refractivity contribution in [1.29, 1.82) is 0 Å². The highest BCUT2D eigenvalue weighted by Crippen LogP contribution is 2.23. The zero-order valence-electron chi connectivity index (χ0n) is 12.8. The average Bonchev–Trinajstić information content (AvgIpc) is 3.05. The summed E-state index contributed by atoms with van der Waals surface area (Å²) in [4.78, 5) is 12.1. The second kappa shape index (κ2) is 7.46. The van der Waals surface area contributed by atoms with E-state index in [2.05, 4.69) is 20.8 Å². The van der Waals surface area contributed by atoms with Crippen molar-refractivity contribution in [2.24, 2.45) is 0 Å². The number of halogens is 1. The molecule has 1 N–H and O–H groups in total. The molecule has 24 heavy (non-hydrogen) atoms. The number of hydrogen-bond donors (Lipinski definition) is 1. The highest BCUT2D eigenvalue weighted by atomic mass is 35.5. The summed E-state index contributed by atoms with van der Waals surface area (Å²) in [5.41, 5.74) is 2.47. The smallest absolute Gasteiger partial charge is 0.234 e. The molecule has 0 spiro atoms. The number of hydrogen-bond acceptors (Lipinski definition) is 5. The number of nitrogens with zero attached hydrogens (tertiary/aromatic N) is 4. The lowest BCUT2D eigenvalue weighted by molar-refractivity contribution is -0.113. The van der Waals surface area contributed by atoms with E-state index in [-0.39, 0.29) is 11.7 Å². The van der Waals surface area contributed by atoms with Crippen LogP contribution in [-0.2, 0) is 4.79 Å². The van der Waals surface area contributed by atoms with Gasteiger partial charge in [0.15, 0.2) is 0 Å². The molecule has 0 fully saturated rings. The lowest BCUT2D eigenvalue weighted by Gasteiger charge is -2.08. The van der Waals surface area contributed by atoms with Crippen LogP contribution in [0.2, 0.25) is 5.02 Å². The predicted octanol–water partition coefficient (Wildman–Crippen LogP) is 3.35. The minimum Gasteiger partial charge on any atom is -0.324 e. The van der Waals surface area contributed by atoms with Crippen LogP contribution in [0.3, 0.4) is 0 Å². The van der Waals surface area contributed by atoms with Crippen molar-refractivity contribution in [2.45, 2.75) is 12.1 Å². The van der Waals surface area contributed by atoms with Gasteiger partial charge in [0, 0.05) is 0 Å². The van der Waals surface area contributed by atoms with Gasteiger partial charge in [0.1, 0.15) is 0 Å². The van der Waals surface area contributed by atoms with Gasteiger partial charge in [-0.25, -0.2) is 0 Å². The number of rotatable bonds is 5. The van der Waals surface area contributed by atoms with Gasteiger partial charge >= 0.3 is 0 Å². The largest absolute Gasteiger partial charge is 0.324 e. The lowest BCUT2D eigenvalue weighted by Crippen LogP contribution is -2.15. The summed E-state index contributed by atoms with van der Waals surface area (Å²) in [5.74, 6) is 0.00518. The molecule has 1 aromatic heterocycles. The fourth-order valence-corrected chi connectivity index (χ4v) is 3.01. The topological polar surface area (TPSA) is 72.7 Å². The van der Waals surface area contributed by atoms with Crippen molar-refractivity contribution in [3.63, 3.8) is 0 Å². The quantitative estimate of drug-likeness (QED) is 0.707. The SMILES string of the molecule is Cc1ccc(NC(=O)CSc2nnnn2-c2ccccc2)c(Cl)c1. The normalized spacial score (nSPS) is 10.6. The minimum atomic E-state index is -0.173. The van der Waals surface area contributed by atoms with E-state index in [0.717, 1.165) is 11.3 Å². The molecule has 0 aliphatic heterocycles. The van der Waals surface area contributed by atoms with Gasteiger partial charge in [0.25, 0.3) is 0 Å². The Hall–Kier alpha value is -2.38. The first-order chi connectivity index (χ1) is 11.6. The molecule has 0 atom stereocenters. The van der Waals surface area contributed by atoms with Crippen LogP contribution in [0, 0.1) is 6.92 Å². The first kappa shape index (κ1) is 16.5. The number of anilines is 1. The predicted molar refractivity (Wildman–Crippen MR) is 94.7 cm³/mol. The molecule has 0 unspecified atom stereocenters. The molecule has 0 radical (unpaired) electrons. The minimum absolute atomic E-state index is 0.173. The van der Waals surface area contributed by atoms with Crippen LogP contribution in [0.15, 0.2) is 53.7 Å². The van der Waals surface area contributed by atoms with Crippen molar-refractivity contribution in [3.05, 3.63) is 59.1 Å². The molecular formula is C16H14ClN5OS. The Balaban J connectivity index is 1.64. The summed E-state index contributed by atoms with van der Waals surface area (Å²) < 4.78 is 1.59. The Morgan fingerprint density at radius 2 is 2.04 bits per heavy atom. The number of carbonyl (C=O) groups is 1. The summed E-state index contributed by atoms with van der Waals surface area (Å²) in [7, 11) is 0. The maximum absolute atomic E-state index is 12.1. The van der Waals surface area contributed by atoms with Crippen molar-refractivity contribution in [3.8, 4) is 5.69 Å². The number of benzene rings is 2. The molecule has 1 amide bonds. The number of para-hydroxylation sites is 1. The van der Waals surface area contributed by atoms with Crippen molar-refractivity contribution >= 4 is 35.0 Å². The summed E-state index contributed by atoms with van der Waals surface area (Å²) in [6.07, 6.45) is 0. The van der Waals surface area contributed by atoms with Gasteiger partial charge in [0.2, 0.25) is 11.1 Å². The van der Waals surface area contributed by atoms with Gasteiger partial charge in [-0.2, -0.15) is 4.68 Å². The van der Waals surface area contributed by atoms with Crippen LogP contribution < -0.4 is 5.32 Å². The third-order valence-electron chi connectivity index (χ3n) is 3.17. The van der Waals surface area contributed by atoms with E-state index < -0.39 is 0 Å². The van der Waals surface area contributed by atoms with E-state index in [9.17, 15) is 4.79 Å². The Kier molecular flexibility index (Phi) is 5.12. The van der Waals surface area contributed by atoms with Crippen LogP contribution in [0.1, 0.15) is 5.56 Å². The number of tetrazole rings is 1. The summed E-state index contributed by atoms with van der Waals surface area (Å²) in [6, 6.07) is 15.0. The van der Waals surface area contributed by atoms with E-state index in [4.69, 9.17) is 11.6 Å². The maximum Gasteiger partial charge on any atom is 0.234 e. The molecule has 0 saturated carbocycles. The number of thioether (sulfide) groups is 1. The van der Waals surface area contributed by atoms with E-state index in [1.165, 1.54) is 11.8 Å². The van der Waals surface area contributed by atoms with Crippen molar-refractivity contribution in [2.75, 3.05) is 11.1 Å². The number of nitrogens with one attached hydrogen (secondary N) is 1. The van der Waals surface area contributed by atoms with Crippen molar-refractivity contribution in [1.82, 2.24) is 20.2 Å². The average molecular weight is 360 g/mol. The van der Waals surface area contributed by atoms with E-state index in [1.54, 1.807) is 16.8 Å². The molecule has 3 rings (SSSR count). The number of amides is 1. The second-order valence-electron chi connectivity index (χ2n) is 5.03. The Morgan fingerprint density at radius 3 is 2.79 bits per heavy atom. The van der Waals surface area contributed by atoms with Gasteiger partial charge in [-0.05, 0) is 47.2 Å². The fraction of sp³-hybridized carbons (Fsp3) is 0.125. The first-order valence-corrected chi connectivity index (χ1v) is 8.52. The van der Waals surface area contributed by atoms with E-state index in [1.807, 2.05) is 43.3 Å². The number of carbonyl (C=O) groups excluding carboxylic acids is 1. The summed E-state index contributed by atoms with van der Waals surface area (Å²) >= 11 is 7.38. The van der Waals surface area contributed by atoms with Gasteiger partial charge < -0.3 is 5.32 Å². The maximum atomic E-state index is 12.1. The molecule has 0 bridgehead atoms. The van der Waals surface area contributed by atoms with Crippen LogP contribution in [0.5, 0.6) is 0 Å². The second-order valence-corrected chi connectivity index (χ2v) is 6.38. The fourth-order valence-electron chi connectivity index (χ4n) is 2.04. The van der Waals surface area contributed by atoms with Gasteiger partial charge in [0.05, 0.1) is 22.2 Å². The molecule has 0 aliphatic carbocycles. The van der Waals surface area contributed by atoms with Crippen LogP contribution in [0.4, 0.5) is 5.69 Å². The van der Waals surface area contributed by atoms with E-state index in [0.29, 0.717) is 15.9 Å². The molecule has 6 nitrogen and oxygen atoms in total. The molecule has 0 saturated heterocycles. The molecule has 1 heterocycles. The van der Waals surface area contributed by atoms with Crippen LogP contribution in [-0.4, -0.2) is 31.9 Å². The van der Waals surface area contributed by atoms with Crippen LogP contribution in [0.25, 0.3) is 5.69 Å². The highest BCUT2D eigenvalue weighted by Gasteiger charge is 2.12. The van der Waals surface area contributed by atoms with Crippen molar-refractivity contribution < 1.29 is 4.79 Å². The summed E-state index contributed by atoms with van der Waals surface area (Å²) in [5, 5.41) is 15.4. The standard InChI is InChI=1S/C16H14ClN5OS/c1-11-7-8-14(13(17)9-11)18-15(23)10-24-16-19-20-21-22(16)12-5-3-2-4-6-12/h2-9H,10H2,1H3,(H,18,23). The molecule has 8 heteroatoms. The lowest BCUT2D eigenvalue weighted by atomic mass is 10.2. The highest BCUT2D eigenvalue weighted by molar-refractivity contribution is 7.99. The van der Waals surface area contributed by atoms with Gasteiger partial charge in [-0.3, -0.25) is 4.79 Å².